The van der Waals surface area contributed by atoms with Crippen molar-refractivity contribution in [3.63, 3.8) is 0 Å². The summed E-state index contributed by atoms with van der Waals surface area (Å²) in [6.07, 6.45) is 17.2. The first-order valence-corrected chi connectivity index (χ1v) is 35.6. The number of aromatic nitrogens is 8. The van der Waals surface area contributed by atoms with Gasteiger partial charge in [0.15, 0.2) is 16.9 Å². The molecule has 0 spiro atoms. The first kappa shape index (κ1) is 70.1. The smallest absolute Gasteiger partial charge is 0.251 e. The van der Waals surface area contributed by atoms with Crippen molar-refractivity contribution in [3.8, 4) is 39.7 Å². The van der Waals surface area contributed by atoms with Crippen molar-refractivity contribution in [1.82, 2.24) is 63.5 Å². The van der Waals surface area contributed by atoms with E-state index in [1.807, 2.05) is 131 Å². The summed E-state index contributed by atoms with van der Waals surface area (Å²) in [5.74, 6) is 2.02. The zero-order valence-corrected chi connectivity index (χ0v) is 59.8. The van der Waals surface area contributed by atoms with Crippen molar-refractivity contribution < 1.29 is 14.3 Å². The Labute approximate surface area is 601 Å². The number of hydrogen-bond acceptors (Lipinski definition) is 16. The quantitative estimate of drug-likeness (QED) is 0.0372. The van der Waals surface area contributed by atoms with Gasteiger partial charge in [0.1, 0.15) is 0 Å². The van der Waals surface area contributed by atoms with Gasteiger partial charge in [-0.2, -0.15) is 0 Å². The molecule has 530 valence electrons. The lowest BCUT2D eigenvalue weighted by molar-refractivity contribution is 0.0947. The number of hydrogen-bond donors (Lipinski definition) is 6. The highest BCUT2D eigenvalue weighted by atomic mass is 16.5. The van der Waals surface area contributed by atoms with E-state index in [0.29, 0.717) is 24.5 Å². The maximum Gasteiger partial charge on any atom is 0.251 e. The molecule has 0 aliphatic carbocycles. The van der Waals surface area contributed by atoms with Gasteiger partial charge in [-0.1, -0.05) is 33.8 Å². The number of anilines is 8. The normalized spacial score (nSPS) is 14.0. The molecular weight excluding hydrogens is 1290 g/mol. The summed E-state index contributed by atoms with van der Waals surface area (Å²) >= 11 is 0. The SMILES string of the molecule is CC(C)CCN1CCN(c2ccc(Nc3ccc(-c4cc[nH]c(=O)c4)n4ccnc34)cc2)CC1.CN(C)CCNC(=O)c1ccc(Nc2ccc(-c3ccc4c(c3)CNC4=O)n3ccnc23)cc1.COc1cc(-c2ccc(Nc3ccc(N4CCN(CCC(C)C)CC4)cc3)c3nccn23)ccn1. The lowest BCUT2D eigenvalue weighted by Crippen LogP contribution is -2.46. The van der Waals surface area contributed by atoms with Crippen LogP contribution in [0.1, 0.15) is 66.8 Å². The van der Waals surface area contributed by atoms with Crippen LogP contribution < -0.4 is 46.7 Å². The van der Waals surface area contributed by atoms with Crippen LogP contribution in [0.25, 0.3) is 50.7 Å². The molecule has 2 amide bonds. The van der Waals surface area contributed by atoms with E-state index in [4.69, 9.17) is 4.74 Å². The lowest BCUT2D eigenvalue weighted by atomic mass is 10.0. The number of imidazole rings is 3. The maximum atomic E-state index is 12.3. The van der Waals surface area contributed by atoms with E-state index in [1.54, 1.807) is 38.0 Å². The number of pyridine rings is 5. The molecule has 0 atom stereocenters. The molecule has 8 aromatic heterocycles. The number of ether oxygens (including phenoxy) is 1. The molecule has 11 heterocycles. The van der Waals surface area contributed by atoms with E-state index < -0.39 is 0 Å². The molecule has 6 N–H and O–H groups in total. The number of aromatic amines is 1. The summed E-state index contributed by atoms with van der Waals surface area (Å²) in [7, 11) is 5.58. The van der Waals surface area contributed by atoms with Crippen molar-refractivity contribution in [2.24, 2.45) is 11.8 Å². The largest absolute Gasteiger partial charge is 0.481 e. The highest BCUT2D eigenvalue weighted by molar-refractivity contribution is 5.99. The topological polar surface area (TPSA) is 217 Å². The van der Waals surface area contributed by atoms with Crippen molar-refractivity contribution in [2.75, 3.05) is 125 Å². The molecule has 0 unspecified atom stereocenters. The monoisotopic (exact) mass is 1380 g/mol. The number of fused-ring (bicyclic) bond motifs is 4. The predicted octanol–water partition coefficient (Wildman–Crippen LogP) is 13.2. The molecule has 103 heavy (non-hydrogen) atoms. The third-order valence-electron chi connectivity index (χ3n) is 19.1. The maximum absolute atomic E-state index is 12.3. The molecule has 4 aromatic carbocycles. The summed E-state index contributed by atoms with van der Waals surface area (Å²) in [6, 6.07) is 50.3. The second-order valence-electron chi connectivity index (χ2n) is 27.5. The van der Waals surface area contributed by atoms with E-state index in [-0.39, 0.29) is 17.4 Å². The van der Waals surface area contributed by atoms with Crippen LogP contribution in [0.2, 0.25) is 0 Å². The number of H-pyrrole nitrogens is 1. The number of amides is 2. The Morgan fingerprint density at radius 1 is 0.524 bits per heavy atom. The summed E-state index contributed by atoms with van der Waals surface area (Å²) < 4.78 is 11.4. The van der Waals surface area contributed by atoms with E-state index in [0.717, 1.165) is 167 Å². The fourth-order valence-corrected chi connectivity index (χ4v) is 13.2. The van der Waals surface area contributed by atoms with E-state index >= 15 is 0 Å². The van der Waals surface area contributed by atoms with Gasteiger partial charge >= 0.3 is 0 Å². The van der Waals surface area contributed by atoms with Gasteiger partial charge in [-0.05, 0) is 196 Å². The van der Waals surface area contributed by atoms with Crippen molar-refractivity contribution in [3.05, 3.63) is 228 Å². The average Bonchev–Trinajstić information content (AvgIpc) is 1.72. The number of carbonyl (C=O) groups is 2. The van der Waals surface area contributed by atoms with Crippen LogP contribution in [0, 0.1) is 11.8 Å². The Morgan fingerprint density at radius 3 is 1.45 bits per heavy atom. The van der Waals surface area contributed by atoms with Gasteiger partial charge in [-0.25, -0.2) is 19.9 Å². The van der Waals surface area contributed by atoms with Crippen LogP contribution in [0.5, 0.6) is 5.88 Å². The van der Waals surface area contributed by atoms with Crippen LogP contribution in [0.15, 0.2) is 206 Å². The second kappa shape index (κ2) is 32.5. The van der Waals surface area contributed by atoms with E-state index in [9.17, 15) is 14.4 Å². The van der Waals surface area contributed by atoms with Crippen LogP contribution >= 0.6 is 0 Å². The third kappa shape index (κ3) is 17.2. The minimum Gasteiger partial charge on any atom is -0.481 e. The fraction of sp³-hybridized carbons (Fsp3) is 0.296. The molecule has 0 bridgehead atoms. The number of carbonyl (C=O) groups excluding carboxylic acids is 2. The number of nitrogens with one attached hydrogen (secondary N) is 6. The van der Waals surface area contributed by atoms with E-state index in [1.165, 1.54) is 37.3 Å². The van der Waals surface area contributed by atoms with Crippen LogP contribution in [-0.2, 0) is 6.54 Å². The molecule has 3 aliphatic rings. The number of benzene rings is 4. The minimum absolute atomic E-state index is 0.0223. The fourth-order valence-electron chi connectivity index (χ4n) is 13.2. The number of piperazine rings is 2. The highest BCUT2D eigenvalue weighted by Crippen LogP contribution is 2.34. The number of nitrogens with zero attached hydrogens (tertiary/aromatic N) is 12. The lowest BCUT2D eigenvalue weighted by Gasteiger charge is -2.36. The number of methoxy groups -OCH3 is 1. The molecule has 0 saturated carbocycles. The van der Waals surface area contributed by atoms with Crippen LogP contribution in [0.3, 0.4) is 0 Å². The van der Waals surface area contributed by atoms with Gasteiger partial charge in [0.2, 0.25) is 11.4 Å². The summed E-state index contributed by atoms with van der Waals surface area (Å²) in [5.41, 5.74) is 18.8. The molecule has 15 rings (SSSR count). The van der Waals surface area contributed by atoms with Gasteiger partial charge < -0.3 is 51.0 Å². The first-order valence-electron chi connectivity index (χ1n) is 35.6. The molecule has 0 radical (unpaired) electrons. The Balaban J connectivity index is 0.000000138. The van der Waals surface area contributed by atoms with Gasteiger partial charge in [-0.15, -0.1) is 0 Å². The Kier molecular flexibility index (Phi) is 22.2. The molecule has 22 heteroatoms. The van der Waals surface area contributed by atoms with Crippen molar-refractivity contribution in [2.45, 2.75) is 47.1 Å². The van der Waals surface area contributed by atoms with Crippen molar-refractivity contribution in [1.29, 1.82) is 0 Å². The molecular formula is C81H92N18O4. The summed E-state index contributed by atoms with van der Waals surface area (Å²) in [4.78, 5) is 68.7. The molecule has 3 aliphatic heterocycles. The molecule has 2 saturated heterocycles. The number of likely N-dealkylation sites (N-methyl/N-ethyl adjacent to an activating group) is 1. The average molecular weight is 1380 g/mol. The Morgan fingerprint density at radius 2 is 0.990 bits per heavy atom. The highest BCUT2D eigenvalue weighted by Gasteiger charge is 2.23. The van der Waals surface area contributed by atoms with Gasteiger partial charge in [-0.3, -0.25) is 37.4 Å². The third-order valence-corrected chi connectivity index (χ3v) is 19.1. The van der Waals surface area contributed by atoms with Crippen LogP contribution in [-0.4, -0.2) is 164 Å². The zero-order chi connectivity index (χ0) is 71.3. The molecule has 12 aromatic rings. The predicted molar refractivity (Wildman–Crippen MR) is 414 cm³/mol. The summed E-state index contributed by atoms with van der Waals surface area (Å²) in [5, 5.41) is 16.3. The summed E-state index contributed by atoms with van der Waals surface area (Å²) in [6.45, 7) is 22.4. The molecule has 2 fully saturated rings. The van der Waals surface area contributed by atoms with Gasteiger partial charge in [0.05, 0.1) is 41.3 Å². The van der Waals surface area contributed by atoms with Gasteiger partial charge in [0, 0.05) is 184 Å². The Hall–Kier alpha value is -11.3. The first-order chi connectivity index (χ1) is 50.2. The zero-order valence-electron chi connectivity index (χ0n) is 59.8. The van der Waals surface area contributed by atoms with E-state index in [2.05, 4.69) is 170 Å². The van der Waals surface area contributed by atoms with Crippen molar-refractivity contribution >= 4 is 74.3 Å². The minimum atomic E-state index is -0.120. The Bertz CT molecular complexity index is 4910. The standard InChI is InChI=1S/C28H34N6O.C27H32N6O.C26H26N6O2/c1-21(2)11-14-32-16-18-33(19-17-32)24-6-4-23(5-7-24)31-25-8-9-26(34-15-13-30-28(25)34)22-10-12-29-27(20-22)35-3;1-20(2)10-13-31-15-17-32(18-16-31)23-5-3-22(4-6-23)30-24-7-8-25(33-14-12-29-27(24)33)21-9-11-28-26(34)19-21;1-31(2)13-11-28-25(33)17-3-6-20(7-4-17)30-22-9-10-23(32-14-12-27-24(22)32)18-5-8-21-19(15-18)16-29-26(21)34/h4-10,12-13,15,20-21,31H,11,14,16-19H2,1-3H3;3-9,11-12,14,19-20,30H,10,13,15-18H2,1-2H3,(H,28,34);3-10,12,14-15,30H,11,13,16H2,1-2H3,(H,28,33)(H,29,34). The number of rotatable bonds is 22. The second-order valence-corrected chi connectivity index (χ2v) is 27.5. The van der Waals surface area contributed by atoms with Crippen LogP contribution in [0.4, 0.5) is 45.5 Å². The van der Waals surface area contributed by atoms with Gasteiger partial charge in [0.25, 0.3) is 11.8 Å². The molecule has 22 nitrogen and oxygen atoms in total.